The Labute approximate surface area is 63.3 Å². The second kappa shape index (κ2) is 11.4. The summed E-state index contributed by atoms with van der Waals surface area (Å²) >= 11 is 0. The van der Waals surface area contributed by atoms with Crippen LogP contribution in [0, 0.1) is 0 Å². The van der Waals surface area contributed by atoms with Crippen molar-refractivity contribution in [3.63, 3.8) is 0 Å². The molecule has 0 aromatic rings. The third-order valence-corrected chi connectivity index (χ3v) is 1.09. The van der Waals surface area contributed by atoms with Gasteiger partial charge >= 0.3 is 0 Å². The van der Waals surface area contributed by atoms with Gasteiger partial charge in [-0.15, -0.1) is 0 Å². The van der Waals surface area contributed by atoms with E-state index in [2.05, 4.69) is 6.92 Å². The lowest BCUT2D eigenvalue weighted by Gasteiger charge is -2.01. The largest absolute Gasteiger partial charge is 0.393 e. The first-order valence-electron chi connectivity index (χ1n) is 3.80. The van der Waals surface area contributed by atoms with Crippen molar-refractivity contribution in [3.05, 3.63) is 0 Å². The molecule has 62 valence electrons. The summed E-state index contributed by atoms with van der Waals surface area (Å²) in [6.45, 7) is 5.53. The Morgan fingerprint density at radius 1 is 1.50 bits per heavy atom. The van der Waals surface area contributed by atoms with Crippen molar-refractivity contribution in [2.45, 2.75) is 46.1 Å². The van der Waals surface area contributed by atoms with Crippen LogP contribution in [-0.4, -0.2) is 17.5 Å². The molecule has 0 aliphatic rings. The van der Waals surface area contributed by atoms with E-state index in [0.717, 1.165) is 25.5 Å². The summed E-state index contributed by atoms with van der Waals surface area (Å²) in [5.74, 6) is 0. The predicted molar refractivity (Wildman–Crippen MR) is 42.9 cm³/mol. The van der Waals surface area contributed by atoms with Crippen molar-refractivity contribution in [1.29, 1.82) is 0 Å². The first-order valence-corrected chi connectivity index (χ1v) is 3.80. The minimum Gasteiger partial charge on any atom is -0.393 e. The van der Waals surface area contributed by atoms with E-state index in [0.29, 0.717) is 0 Å². The Bertz CT molecular complexity index is 62.3. The minimum absolute atomic E-state index is 0.0509. The van der Waals surface area contributed by atoms with E-state index in [4.69, 9.17) is 9.90 Å². The van der Waals surface area contributed by atoms with Crippen LogP contribution < -0.4 is 0 Å². The molecule has 1 unspecified atom stereocenters. The average Bonchev–Trinajstić information content (AvgIpc) is 1.90. The van der Waals surface area contributed by atoms with Crippen LogP contribution in [0.3, 0.4) is 0 Å². The molecular formula is C8H18O2. The van der Waals surface area contributed by atoms with Gasteiger partial charge in [0.1, 0.15) is 6.29 Å². The predicted octanol–water partition coefficient (Wildman–Crippen LogP) is 1.76. The van der Waals surface area contributed by atoms with Gasteiger partial charge in [-0.3, -0.25) is 0 Å². The van der Waals surface area contributed by atoms with E-state index >= 15 is 0 Å². The van der Waals surface area contributed by atoms with Gasteiger partial charge < -0.3 is 9.90 Å². The molecule has 0 amide bonds. The molecule has 0 bridgehead atoms. The average molecular weight is 146 g/mol. The number of hydrogen-bond acceptors (Lipinski definition) is 2. The van der Waals surface area contributed by atoms with Gasteiger partial charge in [-0.25, -0.2) is 0 Å². The van der Waals surface area contributed by atoms with Gasteiger partial charge in [-0.1, -0.05) is 20.3 Å². The number of rotatable bonds is 3. The van der Waals surface area contributed by atoms with Gasteiger partial charge in [0.2, 0.25) is 0 Å². The molecule has 0 aromatic carbocycles. The molecule has 1 N–H and O–H groups in total. The number of carbonyl (C=O) groups is 1. The summed E-state index contributed by atoms with van der Waals surface area (Å²) in [7, 11) is 0. The number of aliphatic hydroxyl groups excluding tert-OH is 1. The molecule has 2 nitrogen and oxygen atoms in total. The monoisotopic (exact) mass is 146 g/mol. The number of aliphatic hydroxyl groups is 1. The highest BCUT2D eigenvalue weighted by molar-refractivity contribution is 5.44. The van der Waals surface area contributed by atoms with Crippen LogP contribution in [0.1, 0.15) is 40.0 Å². The van der Waals surface area contributed by atoms with Crippen molar-refractivity contribution < 1.29 is 9.90 Å². The molecule has 2 heteroatoms. The van der Waals surface area contributed by atoms with E-state index in [1.807, 2.05) is 6.92 Å². The van der Waals surface area contributed by atoms with Crippen molar-refractivity contribution in [3.8, 4) is 0 Å². The van der Waals surface area contributed by atoms with E-state index in [9.17, 15) is 0 Å². The Balaban J connectivity index is 0. The summed E-state index contributed by atoms with van der Waals surface area (Å²) in [6, 6.07) is 0. The highest BCUT2D eigenvalue weighted by atomic mass is 16.3. The van der Waals surface area contributed by atoms with Gasteiger partial charge in [-0.2, -0.15) is 0 Å². The summed E-state index contributed by atoms with van der Waals surface area (Å²) in [6.07, 6.45) is 3.64. The number of aldehydes is 1. The van der Waals surface area contributed by atoms with Crippen molar-refractivity contribution in [2.24, 2.45) is 0 Å². The summed E-state index contributed by atoms with van der Waals surface area (Å²) in [5, 5.41) is 8.86. The second-order valence-corrected chi connectivity index (χ2v) is 2.09. The zero-order valence-corrected chi connectivity index (χ0v) is 7.13. The molecule has 0 heterocycles. The lowest BCUT2D eigenvalue weighted by Crippen LogP contribution is -2.01. The van der Waals surface area contributed by atoms with Crippen LogP contribution in [0.15, 0.2) is 0 Å². The van der Waals surface area contributed by atoms with Crippen LogP contribution in [0.5, 0.6) is 0 Å². The Kier molecular flexibility index (Phi) is 14.1. The highest BCUT2D eigenvalue weighted by Gasteiger charge is 1.94. The molecule has 0 radical (unpaired) electrons. The molecule has 0 saturated carbocycles. The maximum absolute atomic E-state index is 8.86. The van der Waals surface area contributed by atoms with Gasteiger partial charge in [0.15, 0.2) is 0 Å². The Hall–Kier alpha value is -0.370. The molecule has 10 heavy (non-hydrogen) atoms. The molecule has 0 saturated heterocycles. The molecule has 0 aromatic heterocycles. The van der Waals surface area contributed by atoms with E-state index in [-0.39, 0.29) is 6.10 Å². The van der Waals surface area contributed by atoms with Crippen LogP contribution in [0.4, 0.5) is 0 Å². The molecular weight excluding hydrogens is 128 g/mol. The normalized spacial score (nSPS) is 11.2. The van der Waals surface area contributed by atoms with Crippen molar-refractivity contribution >= 4 is 6.29 Å². The standard InChI is InChI=1S/C6H14O.C2H4O/c1-3-5-6(7)4-2;1-2-3/h6-7H,3-5H2,1-2H3;2H,1H3. The second-order valence-electron chi connectivity index (χ2n) is 2.09. The van der Waals surface area contributed by atoms with Gasteiger partial charge in [0, 0.05) is 0 Å². The van der Waals surface area contributed by atoms with E-state index in [1.165, 1.54) is 6.92 Å². The fourth-order valence-corrected chi connectivity index (χ4v) is 0.537. The first kappa shape index (κ1) is 12.3. The topological polar surface area (TPSA) is 37.3 Å². The van der Waals surface area contributed by atoms with Crippen LogP contribution in [0.25, 0.3) is 0 Å². The lowest BCUT2D eigenvalue weighted by molar-refractivity contribution is -0.106. The third-order valence-electron chi connectivity index (χ3n) is 1.09. The smallest absolute Gasteiger partial charge is 0.116 e. The molecule has 0 aliphatic carbocycles. The van der Waals surface area contributed by atoms with Gasteiger partial charge in [0.25, 0.3) is 0 Å². The van der Waals surface area contributed by atoms with Crippen molar-refractivity contribution in [2.75, 3.05) is 0 Å². The summed E-state index contributed by atoms with van der Waals surface area (Å²) in [4.78, 5) is 8.81. The van der Waals surface area contributed by atoms with Crippen molar-refractivity contribution in [1.82, 2.24) is 0 Å². The molecule has 0 rings (SSSR count). The lowest BCUT2D eigenvalue weighted by atomic mass is 10.2. The molecule has 0 spiro atoms. The van der Waals surface area contributed by atoms with Gasteiger partial charge in [-0.05, 0) is 19.8 Å². The maximum Gasteiger partial charge on any atom is 0.116 e. The first-order chi connectivity index (χ1) is 4.72. The fraction of sp³-hybridized carbons (Fsp3) is 0.875. The van der Waals surface area contributed by atoms with Crippen LogP contribution in [-0.2, 0) is 4.79 Å². The zero-order valence-electron chi connectivity index (χ0n) is 7.13. The summed E-state index contributed by atoms with van der Waals surface area (Å²) in [5.41, 5.74) is 0. The van der Waals surface area contributed by atoms with E-state index < -0.39 is 0 Å². The SMILES string of the molecule is CC=O.CCCC(O)CC. The molecule has 0 fully saturated rings. The Morgan fingerprint density at radius 2 is 1.90 bits per heavy atom. The van der Waals surface area contributed by atoms with Crippen LogP contribution >= 0.6 is 0 Å². The van der Waals surface area contributed by atoms with E-state index in [1.54, 1.807) is 0 Å². The number of hydrogen-bond donors (Lipinski definition) is 1. The quantitative estimate of drug-likeness (QED) is 0.616. The van der Waals surface area contributed by atoms with Crippen LogP contribution in [0.2, 0.25) is 0 Å². The van der Waals surface area contributed by atoms with Gasteiger partial charge in [0.05, 0.1) is 6.10 Å². The third kappa shape index (κ3) is 15.6. The zero-order chi connectivity index (χ0) is 8.41. The maximum atomic E-state index is 8.86. The molecule has 1 atom stereocenters. The number of carbonyl (C=O) groups excluding carboxylic acids is 1. The Morgan fingerprint density at radius 3 is 2.00 bits per heavy atom. The fourth-order valence-electron chi connectivity index (χ4n) is 0.537. The molecule has 0 aliphatic heterocycles. The minimum atomic E-state index is -0.0509. The summed E-state index contributed by atoms with van der Waals surface area (Å²) < 4.78 is 0. The highest BCUT2D eigenvalue weighted by Crippen LogP contribution is 1.98.